The standard InChI is InChI=1S/C17H29N3O/c1-4-13(2)16(18)17(21)20-12-7-5-6-9-15(20)14-10-8-11-19(14)3/h8,10-11,13,15-16H,4-7,9,12,18H2,1-3H3/t13-,15?,16-/m0/s1. The van der Waals surface area contributed by atoms with Gasteiger partial charge in [-0.05, 0) is 30.9 Å². The van der Waals surface area contributed by atoms with Crippen LogP contribution < -0.4 is 5.73 Å². The van der Waals surface area contributed by atoms with E-state index in [9.17, 15) is 4.79 Å². The van der Waals surface area contributed by atoms with Gasteiger partial charge >= 0.3 is 0 Å². The van der Waals surface area contributed by atoms with Crippen molar-refractivity contribution in [3.05, 3.63) is 24.0 Å². The zero-order chi connectivity index (χ0) is 15.4. The largest absolute Gasteiger partial charge is 0.353 e. The minimum Gasteiger partial charge on any atom is -0.353 e. The Morgan fingerprint density at radius 1 is 1.43 bits per heavy atom. The minimum atomic E-state index is -0.379. The first-order chi connectivity index (χ1) is 10.1. The van der Waals surface area contributed by atoms with Crippen LogP contribution in [0.15, 0.2) is 18.3 Å². The molecule has 1 aliphatic heterocycles. The van der Waals surface area contributed by atoms with Gasteiger partial charge in [0.1, 0.15) is 0 Å². The molecule has 0 bridgehead atoms. The first kappa shape index (κ1) is 16.1. The predicted octanol–water partition coefficient (Wildman–Crippen LogP) is 2.84. The van der Waals surface area contributed by atoms with Crippen LogP contribution in [0.25, 0.3) is 0 Å². The Hall–Kier alpha value is -1.29. The summed E-state index contributed by atoms with van der Waals surface area (Å²) in [6, 6.07) is 3.98. The minimum absolute atomic E-state index is 0.123. The van der Waals surface area contributed by atoms with Gasteiger partial charge in [0.25, 0.3) is 0 Å². The molecule has 0 radical (unpaired) electrons. The summed E-state index contributed by atoms with van der Waals surface area (Å²) in [5.41, 5.74) is 7.43. The maximum atomic E-state index is 12.9. The van der Waals surface area contributed by atoms with E-state index in [4.69, 9.17) is 5.73 Å². The Morgan fingerprint density at radius 2 is 2.19 bits per heavy atom. The van der Waals surface area contributed by atoms with Crippen molar-refractivity contribution in [2.24, 2.45) is 18.7 Å². The molecular weight excluding hydrogens is 262 g/mol. The van der Waals surface area contributed by atoms with Crippen molar-refractivity contribution in [2.75, 3.05) is 6.54 Å². The fraction of sp³-hybridized carbons (Fsp3) is 0.706. The number of rotatable bonds is 4. The molecule has 0 aromatic carbocycles. The van der Waals surface area contributed by atoms with E-state index >= 15 is 0 Å². The van der Waals surface area contributed by atoms with Crippen LogP contribution in [0.4, 0.5) is 0 Å². The van der Waals surface area contributed by atoms with Gasteiger partial charge < -0.3 is 15.2 Å². The van der Waals surface area contributed by atoms with Crippen LogP contribution in [-0.4, -0.2) is 28.0 Å². The number of amides is 1. The fourth-order valence-electron chi connectivity index (χ4n) is 3.19. The third kappa shape index (κ3) is 3.49. The maximum absolute atomic E-state index is 12.9. The summed E-state index contributed by atoms with van der Waals surface area (Å²) in [6.45, 7) is 4.99. The summed E-state index contributed by atoms with van der Waals surface area (Å²) in [6.07, 6.45) is 7.49. The van der Waals surface area contributed by atoms with Crippen LogP contribution in [0.2, 0.25) is 0 Å². The Labute approximate surface area is 128 Å². The first-order valence-corrected chi connectivity index (χ1v) is 8.23. The molecule has 1 aromatic heterocycles. The number of aryl methyl sites for hydroxylation is 1. The molecule has 0 aliphatic carbocycles. The summed E-state index contributed by atoms with van der Waals surface area (Å²) in [5, 5.41) is 0. The quantitative estimate of drug-likeness (QED) is 0.927. The molecule has 118 valence electrons. The summed E-state index contributed by atoms with van der Waals surface area (Å²) >= 11 is 0. The monoisotopic (exact) mass is 291 g/mol. The molecule has 0 spiro atoms. The molecule has 0 saturated carbocycles. The second kappa shape index (κ2) is 7.12. The van der Waals surface area contributed by atoms with Crippen LogP contribution in [0, 0.1) is 5.92 Å². The van der Waals surface area contributed by atoms with Gasteiger partial charge in [-0.15, -0.1) is 0 Å². The normalized spacial score (nSPS) is 22.7. The lowest BCUT2D eigenvalue weighted by molar-refractivity contribution is -0.136. The molecule has 1 amide bonds. The van der Waals surface area contributed by atoms with Crippen molar-refractivity contribution in [3.63, 3.8) is 0 Å². The van der Waals surface area contributed by atoms with Crippen LogP contribution >= 0.6 is 0 Å². The zero-order valence-electron chi connectivity index (χ0n) is 13.6. The molecule has 1 aliphatic rings. The van der Waals surface area contributed by atoms with Gasteiger partial charge in [-0.25, -0.2) is 0 Å². The molecule has 4 heteroatoms. The van der Waals surface area contributed by atoms with E-state index in [1.54, 1.807) is 0 Å². The molecule has 2 N–H and O–H groups in total. The Bertz CT molecular complexity index is 468. The molecule has 2 heterocycles. The van der Waals surface area contributed by atoms with Crippen LogP contribution in [0.3, 0.4) is 0 Å². The van der Waals surface area contributed by atoms with Gasteiger partial charge in [0.05, 0.1) is 12.1 Å². The number of nitrogens with zero attached hydrogens (tertiary/aromatic N) is 2. The lowest BCUT2D eigenvalue weighted by atomic mass is 9.97. The Balaban J connectivity index is 2.24. The van der Waals surface area contributed by atoms with Gasteiger partial charge in [0.2, 0.25) is 5.91 Å². The highest BCUT2D eigenvalue weighted by Gasteiger charge is 2.32. The average molecular weight is 291 g/mol. The van der Waals surface area contributed by atoms with Crippen molar-refractivity contribution >= 4 is 5.91 Å². The van der Waals surface area contributed by atoms with Crippen molar-refractivity contribution in [2.45, 2.75) is 58.0 Å². The fourth-order valence-corrected chi connectivity index (χ4v) is 3.19. The SMILES string of the molecule is CC[C@H](C)[C@H](N)C(=O)N1CCCCCC1c1cccn1C. The van der Waals surface area contributed by atoms with Gasteiger partial charge in [-0.2, -0.15) is 0 Å². The summed E-state index contributed by atoms with van der Waals surface area (Å²) < 4.78 is 2.13. The number of carbonyl (C=O) groups is 1. The van der Waals surface area contributed by atoms with E-state index in [2.05, 4.69) is 43.8 Å². The molecule has 1 unspecified atom stereocenters. The Morgan fingerprint density at radius 3 is 2.81 bits per heavy atom. The number of carbonyl (C=O) groups excluding carboxylic acids is 1. The predicted molar refractivity (Wildman–Crippen MR) is 85.8 cm³/mol. The zero-order valence-corrected chi connectivity index (χ0v) is 13.6. The highest BCUT2D eigenvalue weighted by Crippen LogP contribution is 2.31. The molecule has 4 nitrogen and oxygen atoms in total. The summed E-state index contributed by atoms with van der Waals surface area (Å²) in [7, 11) is 2.05. The third-order valence-corrected chi connectivity index (χ3v) is 4.90. The van der Waals surface area contributed by atoms with E-state index < -0.39 is 0 Å². The molecule has 21 heavy (non-hydrogen) atoms. The van der Waals surface area contributed by atoms with E-state index in [0.29, 0.717) is 0 Å². The number of hydrogen-bond donors (Lipinski definition) is 1. The lowest BCUT2D eigenvalue weighted by Crippen LogP contribution is -2.48. The number of aromatic nitrogens is 1. The van der Waals surface area contributed by atoms with Gasteiger partial charge in [0, 0.05) is 25.5 Å². The van der Waals surface area contributed by atoms with Crippen LogP contribution in [-0.2, 0) is 11.8 Å². The highest BCUT2D eigenvalue weighted by molar-refractivity contribution is 5.82. The molecule has 1 fully saturated rings. The van der Waals surface area contributed by atoms with E-state index in [0.717, 1.165) is 25.8 Å². The van der Waals surface area contributed by atoms with E-state index in [1.807, 2.05) is 4.90 Å². The smallest absolute Gasteiger partial charge is 0.240 e. The lowest BCUT2D eigenvalue weighted by Gasteiger charge is -2.34. The third-order valence-electron chi connectivity index (χ3n) is 4.90. The molecule has 1 saturated heterocycles. The van der Waals surface area contributed by atoms with Crippen molar-refractivity contribution < 1.29 is 4.79 Å². The highest BCUT2D eigenvalue weighted by atomic mass is 16.2. The van der Waals surface area contributed by atoms with Crippen molar-refractivity contribution in [3.8, 4) is 0 Å². The second-order valence-corrected chi connectivity index (χ2v) is 6.35. The molecule has 3 atom stereocenters. The molecule has 2 rings (SSSR count). The van der Waals surface area contributed by atoms with Gasteiger partial charge in [0.15, 0.2) is 0 Å². The number of nitrogens with two attached hydrogens (primary N) is 1. The Kier molecular flexibility index (Phi) is 5.45. The topological polar surface area (TPSA) is 51.3 Å². The molecular formula is C17H29N3O. The number of hydrogen-bond acceptors (Lipinski definition) is 2. The summed E-state index contributed by atoms with van der Waals surface area (Å²) in [4.78, 5) is 14.9. The average Bonchev–Trinajstić information content (AvgIpc) is 2.77. The first-order valence-electron chi connectivity index (χ1n) is 8.23. The van der Waals surface area contributed by atoms with Crippen molar-refractivity contribution in [1.29, 1.82) is 0 Å². The number of likely N-dealkylation sites (tertiary alicyclic amines) is 1. The maximum Gasteiger partial charge on any atom is 0.240 e. The van der Waals surface area contributed by atoms with E-state index in [1.165, 1.54) is 18.5 Å². The van der Waals surface area contributed by atoms with Crippen LogP contribution in [0.1, 0.15) is 57.7 Å². The second-order valence-electron chi connectivity index (χ2n) is 6.35. The summed E-state index contributed by atoms with van der Waals surface area (Å²) in [5.74, 6) is 0.354. The van der Waals surface area contributed by atoms with Gasteiger partial charge in [-0.3, -0.25) is 4.79 Å². The molecule has 1 aromatic rings. The van der Waals surface area contributed by atoms with E-state index in [-0.39, 0.29) is 23.9 Å². The van der Waals surface area contributed by atoms with Crippen molar-refractivity contribution in [1.82, 2.24) is 9.47 Å². The van der Waals surface area contributed by atoms with Gasteiger partial charge in [-0.1, -0.05) is 33.1 Å². The van der Waals surface area contributed by atoms with Crippen LogP contribution in [0.5, 0.6) is 0 Å².